The highest BCUT2D eigenvalue weighted by Crippen LogP contribution is 2.37. The van der Waals surface area contributed by atoms with E-state index in [1.54, 1.807) is 12.2 Å². The molecule has 0 aromatic heterocycles. The molecule has 0 saturated carbocycles. The fourth-order valence-electron chi connectivity index (χ4n) is 2.61. The Labute approximate surface area is 161 Å². The second kappa shape index (κ2) is 7.31. The van der Waals surface area contributed by atoms with E-state index in [1.807, 2.05) is 41.5 Å². The first-order valence-corrected chi connectivity index (χ1v) is 9.65. The number of Topliss-reactive ketones (excluding diaryl/α,β-unsaturated/α-hetero) is 1. The minimum Gasteiger partial charge on any atom is -0.289 e. The SMILES string of the molecule is CC(C)(C)C1=CC(=NS(=O)c2ccc([N+](=O)[O-])cc2)C=C(C(C)(C)C)C1=O. The van der Waals surface area contributed by atoms with Gasteiger partial charge in [0.15, 0.2) is 16.8 Å². The summed E-state index contributed by atoms with van der Waals surface area (Å²) < 4.78 is 16.9. The highest BCUT2D eigenvalue weighted by Gasteiger charge is 2.34. The molecule has 1 aromatic carbocycles. The third kappa shape index (κ3) is 4.86. The van der Waals surface area contributed by atoms with Gasteiger partial charge in [-0.2, -0.15) is 4.40 Å². The van der Waals surface area contributed by atoms with Gasteiger partial charge in [-0.05, 0) is 35.1 Å². The molecule has 0 saturated heterocycles. The molecule has 0 bridgehead atoms. The zero-order chi connectivity index (χ0) is 20.6. The molecule has 144 valence electrons. The molecule has 6 nitrogen and oxygen atoms in total. The van der Waals surface area contributed by atoms with Gasteiger partial charge in [-0.25, -0.2) is 4.21 Å². The summed E-state index contributed by atoms with van der Waals surface area (Å²) in [6.45, 7) is 11.7. The average molecular weight is 388 g/mol. The third-order valence-corrected chi connectivity index (χ3v) is 5.18. The van der Waals surface area contributed by atoms with Crippen molar-refractivity contribution in [3.63, 3.8) is 0 Å². The van der Waals surface area contributed by atoms with Gasteiger partial charge in [0.2, 0.25) is 0 Å². The zero-order valence-electron chi connectivity index (χ0n) is 16.4. The van der Waals surface area contributed by atoms with Crippen LogP contribution in [0.4, 0.5) is 5.69 Å². The van der Waals surface area contributed by atoms with Crippen LogP contribution in [0.2, 0.25) is 0 Å². The number of hydrogen-bond donors (Lipinski definition) is 0. The van der Waals surface area contributed by atoms with Gasteiger partial charge < -0.3 is 0 Å². The number of nitro benzene ring substituents is 1. The van der Waals surface area contributed by atoms with E-state index in [1.165, 1.54) is 24.3 Å². The van der Waals surface area contributed by atoms with Crippen LogP contribution in [0, 0.1) is 20.9 Å². The van der Waals surface area contributed by atoms with Crippen LogP contribution in [0.3, 0.4) is 0 Å². The normalized spacial score (nSPS) is 16.5. The molecule has 0 heterocycles. The van der Waals surface area contributed by atoms with Gasteiger partial charge in [-0.15, -0.1) is 0 Å². The van der Waals surface area contributed by atoms with Crippen LogP contribution >= 0.6 is 0 Å². The maximum atomic E-state index is 12.9. The van der Waals surface area contributed by atoms with Crippen molar-refractivity contribution in [3.8, 4) is 0 Å². The van der Waals surface area contributed by atoms with Crippen molar-refractivity contribution in [2.75, 3.05) is 0 Å². The summed E-state index contributed by atoms with van der Waals surface area (Å²) in [7, 11) is -1.73. The molecule has 0 amide bonds. The van der Waals surface area contributed by atoms with Crippen LogP contribution in [0.15, 0.2) is 56.9 Å². The van der Waals surface area contributed by atoms with Crippen molar-refractivity contribution in [2.45, 2.75) is 46.4 Å². The lowest BCUT2D eigenvalue weighted by atomic mass is 9.72. The van der Waals surface area contributed by atoms with Crippen LogP contribution < -0.4 is 0 Å². The molecule has 2 rings (SSSR count). The summed E-state index contributed by atoms with van der Waals surface area (Å²) in [6.07, 6.45) is 3.36. The lowest BCUT2D eigenvalue weighted by molar-refractivity contribution is -0.384. The predicted octanol–water partition coefficient (Wildman–Crippen LogP) is 4.59. The van der Waals surface area contributed by atoms with E-state index in [-0.39, 0.29) is 22.3 Å². The number of allylic oxidation sites excluding steroid dienone is 4. The summed E-state index contributed by atoms with van der Waals surface area (Å²) in [5.41, 5.74) is 0.871. The fourth-order valence-corrected chi connectivity index (χ4v) is 3.38. The van der Waals surface area contributed by atoms with Crippen LogP contribution in [0.25, 0.3) is 0 Å². The lowest BCUT2D eigenvalue weighted by Gasteiger charge is -2.30. The molecule has 1 unspecified atom stereocenters. The smallest absolute Gasteiger partial charge is 0.269 e. The molecule has 1 atom stereocenters. The van der Waals surface area contributed by atoms with Gasteiger partial charge in [-0.1, -0.05) is 41.5 Å². The second-order valence-electron chi connectivity index (χ2n) is 8.46. The fraction of sp³-hybridized carbons (Fsp3) is 0.400. The number of benzene rings is 1. The van der Waals surface area contributed by atoms with E-state index in [0.717, 1.165) is 0 Å². The molecular weight excluding hydrogens is 364 g/mol. The Kier molecular flexibility index (Phi) is 5.65. The average Bonchev–Trinajstić information content (AvgIpc) is 2.54. The largest absolute Gasteiger partial charge is 0.289 e. The van der Waals surface area contributed by atoms with Gasteiger partial charge in [0.25, 0.3) is 5.69 Å². The van der Waals surface area contributed by atoms with Crippen LogP contribution in [0.5, 0.6) is 0 Å². The Bertz CT molecular complexity index is 859. The number of rotatable bonds is 3. The van der Waals surface area contributed by atoms with Crippen LogP contribution in [0.1, 0.15) is 41.5 Å². The third-order valence-electron chi connectivity index (χ3n) is 4.13. The molecular formula is C20H24N2O4S. The molecule has 0 fully saturated rings. The van der Waals surface area contributed by atoms with E-state index < -0.39 is 15.9 Å². The van der Waals surface area contributed by atoms with Crippen molar-refractivity contribution < 1.29 is 13.9 Å². The molecule has 1 aliphatic carbocycles. The van der Waals surface area contributed by atoms with E-state index in [9.17, 15) is 19.1 Å². The van der Waals surface area contributed by atoms with Crippen molar-refractivity contribution >= 4 is 28.2 Å². The van der Waals surface area contributed by atoms with E-state index in [2.05, 4.69) is 4.40 Å². The minimum atomic E-state index is -1.73. The first-order chi connectivity index (χ1) is 12.3. The summed E-state index contributed by atoms with van der Waals surface area (Å²) in [6, 6.07) is 5.44. The van der Waals surface area contributed by atoms with Crippen LogP contribution in [-0.2, 0) is 15.8 Å². The molecule has 0 radical (unpaired) electrons. The number of nitro groups is 1. The van der Waals surface area contributed by atoms with E-state index >= 15 is 0 Å². The van der Waals surface area contributed by atoms with E-state index in [4.69, 9.17) is 0 Å². The molecule has 27 heavy (non-hydrogen) atoms. The monoisotopic (exact) mass is 388 g/mol. The number of nitrogens with zero attached hydrogens (tertiary/aromatic N) is 2. The number of non-ortho nitro benzene ring substituents is 1. The van der Waals surface area contributed by atoms with E-state index in [0.29, 0.717) is 21.8 Å². The first-order valence-electron chi connectivity index (χ1n) is 8.55. The highest BCUT2D eigenvalue weighted by molar-refractivity contribution is 7.84. The standard InChI is InChI=1S/C20H24N2O4S/c1-19(2,3)16-11-13(12-17(18(16)23)20(4,5)6)21-27(26)15-9-7-14(8-10-15)22(24)25/h7-12H,1-6H3. The molecule has 0 aliphatic heterocycles. The van der Waals surface area contributed by atoms with Gasteiger partial charge in [0, 0.05) is 23.3 Å². The Morgan fingerprint density at radius 3 is 1.74 bits per heavy atom. The maximum Gasteiger partial charge on any atom is 0.269 e. The molecule has 0 N–H and O–H groups in total. The van der Waals surface area contributed by atoms with Crippen molar-refractivity contribution in [1.29, 1.82) is 0 Å². The summed E-state index contributed by atoms with van der Waals surface area (Å²) in [5, 5.41) is 10.7. The lowest BCUT2D eigenvalue weighted by Crippen LogP contribution is -2.29. The molecule has 0 spiro atoms. The summed E-state index contributed by atoms with van der Waals surface area (Å²) >= 11 is 0. The van der Waals surface area contributed by atoms with Crippen molar-refractivity contribution in [3.05, 3.63) is 57.7 Å². The maximum absolute atomic E-state index is 12.9. The number of hydrogen-bond acceptors (Lipinski definition) is 4. The Balaban J connectivity index is 2.48. The Morgan fingerprint density at radius 1 is 0.926 bits per heavy atom. The molecule has 7 heteroatoms. The number of ketones is 1. The Morgan fingerprint density at radius 2 is 1.37 bits per heavy atom. The predicted molar refractivity (Wildman–Crippen MR) is 107 cm³/mol. The zero-order valence-corrected chi connectivity index (χ0v) is 17.2. The van der Waals surface area contributed by atoms with Gasteiger partial charge in [-0.3, -0.25) is 14.9 Å². The van der Waals surface area contributed by atoms with Crippen molar-refractivity contribution in [2.24, 2.45) is 15.2 Å². The number of carbonyl (C=O) groups is 1. The quantitative estimate of drug-likeness (QED) is 0.430. The summed E-state index contributed by atoms with van der Waals surface area (Å²) in [4.78, 5) is 23.5. The minimum absolute atomic E-state index is 0.0185. The molecule has 1 aromatic rings. The highest BCUT2D eigenvalue weighted by atomic mass is 32.2. The van der Waals surface area contributed by atoms with Crippen LogP contribution in [-0.4, -0.2) is 20.6 Å². The van der Waals surface area contributed by atoms with Gasteiger partial charge in [0.1, 0.15) is 0 Å². The second-order valence-corrected chi connectivity index (χ2v) is 9.61. The molecule has 1 aliphatic rings. The van der Waals surface area contributed by atoms with Gasteiger partial charge >= 0.3 is 0 Å². The Hall–Kier alpha value is -2.41. The summed E-state index contributed by atoms with van der Waals surface area (Å²) in [5.74, 6) is -0.0185. The first kappa shape index (κ1) is 20.9. The van der Waals surface area contributed by atoms with Gasteiger partial charge in [0.05, 0.1) is 15.5 Å². The number of carbonyl (C=O) groups excluding carboxylic acids is 1. The van der Waals surface area contributed by atoms with Crippen molar-refractivity contribution in [1.82, 2.24) is 0 Å². The topological polar surface area (TPSA) is 89.6 Å².